The average Bonchev–Trinajstić information content (AvgIpc) is 3.38. The fourth-order valence-electron chi connectivity index (χ4n) is 3.40. The number of benzene rings is 2. The predicted molar refractivity (Wildman–Crippen MR) is 139 cm³/mol. The van der Waals surface area contributed by atoms with Crippen LogP contribution in [0.2, 0.25) is 0 Å². The molecule has 0 atom stereocenters. The lowest BCUT2D eigenvalue weighted by Gasteiger charge is -2.07. The molecule has 2 aromatic carbocycles. The molecule has 1 aromatic heterocycles. The zero-order valence-corrected chi connectivity index (χ0v) is 21.4. The molecule has 3 rings (SSSR count). The van der Waals surface area contributed by atoms with Crippen molar-refractivity contribution in [1.29, 1.82) is 0 Å². The second-order valence-corrected chi connectivity index (χ2v) is 8.51. The van der Waals surface area contributed by atoms with E-state index in [1.54, 1.807) is 12.2 Å². The molecule has 0 spiro atoms. The first kappa shape index (κ1) is 29.3. The number of carbonyl (C=O) groups excluding carboxylic acids is 2. The van der Waals surface area contributed by atoms with Crippen molar-refractivity contribution >= 4 is 24.2 Å². The van der Waals surface area contributed by atoms with Crippen LogP contribution in [0.1, 0.15) is 47.5 Å². The summed E-state index contributed by atoms with van der Waals surface area (Å²) in [5.74, 6) is 0.835. The summed E-state index contributed by atoms with van der Waals surface area (Å²) in [5.41, 5.74) is 1.61. The minimum absolute atomic E-state index is 0.0423. The molecule has 208 valence electrons. The third-order valence-corrected chi connectivity index (χ3v) is 5.52. The quantitative estimate of drug-likeness (QED) is 0.270. The van der Waals surface area contributed by atoms with Crippen molar-refractivity contribution in [2.45, 2.75) is 38.5 Å². The van der Waals surface area contributed by atoms with Gasteiger partial charge >= 0.3 is 12.3 Å². The van der Waals surface area contributed by atoms with Crippen LogP contribution in [0.3, 0.4) is 0 Å². The van der Waals surface area contributed by atoms with Crippen LogP contribution in [0.4, 0.5) is 18.0 Å². The molecule has 1 heterocycles. The summed E-state index contributed by atoms with van der Waals surface area (Å²) in [6.45, 7) is 0.796. The van der Waals surface area contributed by atoms with E-state index in [0.29, 0.717) is 29.4 Å². The summed E-state index contributed by atoms with van der Waals surface area (Å²) in [6, 6.07) is 12.5. The van der Waals surface area contributed by atoms with Crippen LogP contribution in [0.25, 0.3) is 12.2 Å². The zero-order valence-electron chi connectivity index (χ0n) is 21.4. The Morgan fingerprint density at radius 2 is 1.77 bits per heavy atom. The summed E-state index contributed by atoms with van der Waals surface area (Å²) < 4.78 is 53.9. The number of hydrogen-bond acceptors (Lipinski definition) is 6. The molecule has 3 aromatic rings. The molecule has 0 aliphatic carbocycles. The molecule has 39 heavy (non-hydrogen) atoms. The third kappa shape index (κ3) is 10.5. The lowest BCUT2D eigenvalue weighted by molar-refractivity contribution is -0.137. The van der Waals surface area contributed by atoms with Gasteiger partial charge in [0, 0.05) is 19.7 Å². The Balaban J connectivity index is 1.33. The van der Waals surface area contributed by atoms with Gasteiger partial charge in [-0.1, -0.05) is 24.3 Å². The van der Waals surface area contributed by atoms with Gasteiger partial charge in [0.25, 0.3) is 0 Å². The highest BCUT2D eigenvalue weighted by Gasteiger charge is 2.29. The van der Waals surface area contributed by atoms with Crippen LogP contribution < -0.4 is 15.4 Å². The number of aryl methyl sites for hydroxylation is 1. The number of oxazole rings is 1. The summed E-state index contributed by atoms with van der Waals surface area (Å²) in [6.07, 6.45) is 2.44. The van der Waals surface area contributed by atoms with Crippen molar-refractivity contribution in [3.05, 3.63) is 83.1 Å². The Kier molecular flexibility index (Phi) is 11.0. The standard InChI is InChI=1S/C28H30F3N3O5/c1-32-27(36)37-17-15-25(35)33-16-3-2-4-20-7-12-24(13-8-20)38-18-23-19-39-26(34-23)14-9-21-5-10-22(11-6-21)28(29,30)31/h5-14,19H,2-4,15-18H2,1H3,(H,32,36)(H,33,35)/b14-9+. The van der Waals surface area contributed by atoms with Crippen LogP contribution in [0.5, 0.6) is 5.75 Å². The topological polar surface area (TPSA) is 103 Å². The van der Waals surface area contributed by atoms with Crippen LogP contribution in [0, 0.1) is 0 Å². The predicted octanol–water partition coefficient (Wildman–Crippen LogP) is 5.63. The number of nitrogens with zero attached hydrogens (tertiary/aromatic N) is 1. The maximum absolute atomic E-state index is 12.7. The minimum Gasteiger partial charge on any atom is -0.487 e. The number of alkyl carbamates (subject to hydrolysis) is 1. The van der Waals surface area contributed by atoms with E-state index < -0.39 is 17.8 Å². The van der Waals surface area contributed by atoms with Gasteiger partial charge in [-0.3, -0.25) is 4.79 Å². The van der Waals surface area contributed by atoms with E-state index in [2.05, 4.69) is 15.6 Å². The molecule has 8 nitrogen and oxygen atoms in total. The Bertz CT molecular complexity index is 1220. The largest absolute Gasteiger partial charge is 0.487 e. The lowest BCUT2D eigenvalue weighted by atomic mass is 10.1. The molecule has 0 fully saturated rings. The van der Waals surface area contributed by atoms with Crippen LogP contribution in [-0.4, -0.2) is 37.2 Å². The number of carbonyl (C=O) groups is 2. The van der Waals surface area contributed by atoms with E-state index in [4.69, 9.17) is 13.9 Å². The fourth-order valence-corrected chi connectivity index (χ4v) is 3.40. The number of halogens is 3. The molecule has 0 saturated heterocycles. The van der Waals surface area contributed by atoms with Crippen molar-refractivity contribution in [2.24, 2.45) is 0 Å². The maximum atomic E-state index is 12.7. The van der Waals surface area contributed by atoms with E-state index in [-0.39, 0.29) is 25.5 Å². The van der Waals surface area contributed by atoms with Crippen molar-refractivity contribution in [1.82, 2.24) is 15.6 Å². The summed E-state index contributed by atoms with van der Waals surface area (Å²) in [5, 5.41) is 5.11. The highest BCUT2D eigenvalue weighted by atomic mass is 19.4. The molecule has 0 radical (unpaired) electrons. The molecule has 2 N–H and O–H groups in total. The smallest absolute Gasteiger partial charge is 0.416 e. The maximum Gasteiger partial charge on any atom is 0.416 e. The third-order valence-electron chi connectivity index (χ3n) is 5.52. The van der Waals surface area contributed by atoms with Crippen LogP contribution in [-0.2, 0) is 28.7 Å². The van der Waals surface area contributed by atoms with Gasteiger partial charge in [-0.05, 0) is 60.7 Å². The van der Waals surface area contributed by atoms with Gasteiger partial charge in [0.2, 0.25) is 11.8 Å². The summed E-state index contributed by atoms with van der Waals surface area (Å²) in [4.78, 5) is 26.9. The monoisotopic (exact) mass is 545 g/mol. The number of hydrogen-bond donors (Lipinski definition) is 2. The molecule has 0 unspecified atom stereocenters. The first-order valence-corrected chi connectivity index (χ1v) is 12.4. The van der Waals surface area contributed by atoms with E-state index in [9.17, 15) is 22.8 Å². The number of nitrogens with one attached hydrogen (secondary N) is 2. The number of aromatic nitrogens is 1. The molecule has 0 aliphatic heterocycles. The van der Waals surface area contributed by atoms with Gasteiger partial charge in [0.1, 0.15) is 30.9 Å². The van der Waals surface area contributed by atoms with Gasteiger partial charge < -0.3 is 24.5 Å². The molecule has 2 amide bonds. The number of unbranched alkanes of at least 4 members (excludes halogenated alkanes) is 1. The van der Waals surface area contributed by atoms with E-state index in [1.165, 1.54) is 25.4 Å². The minimum atomic E-state index is -4.37. The number of alkyl halides is 3. The van der Waals surface area contributed by atoms with Crippen molar-refractivity contribution in [3.8, 4) is 5.75 Å². The normalized spacial score (nSPS) is 11.4. The van der Waals surface area contributed by atoms with Gasteiger partial charge in [0.15, 0.2) is 0 Å². The number of amides is 2. The summed E-state index contributed by atoms with van der Waals surface area (Å²) in [7, 11) is 1.46. The van der Waals surface area contributed by atoms with Crippen molar-refractivity contribution in [3.63, 3.8) is 0 Å². The Labute approximate surface area is 224 Å². The average molecular weight is 546 g/mol. The van der Waals surface area contributed by atoms with Crippen LogP contribution >= 0.6 is 0 Å². The second kappa shape index (κ2) is 14.6. The fraction of sp³-hybridized carbons (Fsp3) is 0.321. The van der Waals surface area contributed by atoms with E-state index in [1.807, 2.05) is 24.3 Å². The highest BCUT2D eigenvalue weighted by Crippen LogP contribution is 2.29. The molecule has 11 heteroatoms. The Morgan fingerprint density at radius 1 is 1.03 bits per heavy atom. The van der Waals surface area contributed by atoms with Gasteiger partial charge in [-0.15, -0.1) is 0 Å². The number of rotatable bonds is 13. The zero-order chi connectivity index (χ0) is 28.1. The SMILES string of the molecule is CNC(=O)OCCC(=O)NCCCCc1ccc(OCc2coc(/C=C/c3ccc(C(F)(F)F)cc3)n2)cc1. The molecule has 0 bridgehead atoms. The first-order valence-electron chi connectivity index (χ1n) is 12.4. The first-order chi connectivity index (χ1) is 18.7. The summed E-state index contributed by atoms with van der Waals surface area (Å²) >= 11 is 0. The van der Waals surface area contributed by atoms with Gasteiger partial charge in [-0.25, -0.2) is 9.78 Å². The van der Waals surface area contributed by atoms with Gasteiger partial charge in [-0.2, -0.15) is 13.2 Å². The van der Waals surface area contributed by atoms with E-state index >= 15 is 0 Å². The lowest BCUT2D eigenvalue weighted by Crippen LogP contribution is -2.27. The van der Waals surface area contributed by atoms with Gasteiger partial charge in [0.05, 0.1) is 12.0 Å². The van der Waals surface area contributed by atoms with Crippen molar-refractivity contribution in [2.75, 3.05) is 20.2 Å². The molecular formula is C28H30F3N3O5. The van der Waals surface area contributed by atoms with Crippen molar-refractivity contribution < 1.29 is 36.7 Å². The highest BCUT2D eigenvalue weighted by molar-refractivity contribution is 5.76. The van der Waals surface area contributed by atoms with Crippen LogP contribution in [0.15, 0.2) is 59.2 Å². The molecule has 0 aliphatic rings. The molecular weight excluding hydrogens is 515 g/mol. The Morgan fingerprint density at radius 3 is 2.46 bits per heavy atom. The number of ether oxygens (including phenoxy) is 2. The molecule has 0 saturated carbocycles. The van der Waals surface area contributed by atoms with E-state index in [0.717, 1.165) is 37.0 Å². The second-order valence-electron chi connectivity index (χ2n) is 8.51. The Hall–Kier alpha value is -4.28.